The van der Waals surface area contributed by atoms with Crippen LogP contribution in [0.1, 0.15) is 24.4 Å². The molecule has 1 aromatic carbocycles. The summed E-state index contributed by atoms with van der Waals surface area (Å²) in [6.07, 6.45) is 4.39. The van der Waals surface area contributed by atoms with Crippen LogP contribution in [0.2, 0.25) is 0 Å². The number of fused-ring (bicyclic) bond motifs is 1. The van der Waals surface area contributed by atoms with Crippen LogP contribution in [0.25, 0.3) is 10.8 Å². The number of benzene rings is 1. The fourth-order valence-electron chi connectivity index (χ4n) is 2.58. The van der Waals surface area contributed by atoms with Crippen molar-refractivity contribution >= 4 is 16.6 Å². The van der Waals surface area contributed by atoms with Gasteiger partial charge in [0.15, 0.2) is 0 Å². The zero-order valence-corrected chi connectivity index (χ0v) is 10.0. The quantitative estimate of drug-likeness (QED) is 0.828. The second-order valence-corrected chi connectivity index (χ2v) is 4.54. The first kappa shape index (κ1) is 10.5. The maximum atomic E-state index is 4.33. The van der Waals surface area contributed by atoms with Crippen LogP contribution in [0.5, 0.6) is 0 Å². The Morgan fingerprint density at radius 2 is 2.29 bits per heavy atom. The van der Waals surface area contributed by atoms with Crippen molar-refractivity contribution in [1.29, 1.82) is 0 Å². The molecule has 1 fully saturated rings. The Morgan fingerprint density at radius 3 is 3.06 bits per heavy atom. The van der Waals surface area contributed by atoms with Gasteiger partial charge >= 0.3 is 0 Å². The zero-order chi connectivity index (χ0) is 11.7. The van der Waals surface area contributed by atoms with Crippen LogP contribution in [0.3, 0.4) is 0 Å². The highest BCUT2D eigenvalue weighted by molar-refractivity contribution is 5.92. The van der Waals surface area contributed by atoms with Gasteiger partial charge < -0.3 is 10.6 Å². The second-order valence-electron chi connectivity index (χ2n) is 4.54. The molecule has 2 aromatic rings. The summed E-state index contributed by atoms with van der Waals surface area (Å²) >= 11 is 0. The predicted octanol–water partition coefficient (Wildman–Crippen LogP) is 2.70. The molecule has 3 rings (SSSR count). The van der Waals surface area contributed by atoms with Crippen molar-refractivity contribution in [2.24, 2.45) is 0 Å². The molecule has 0 saturated carbocycles. The first-order chi connectivity index (χ1) is 8.38. The van der Waals surface area contributed by atoms with Crippen LogP contribution in [0.15, 0.2) is 30.5 Å². The number of pyridine rings is 1. The standard InChI is InChI=1S/C14H17N3/c1-15-14-12-5-4-11(13-3-2-7-16-13)9-10(12)6-8-17-14/h4-6,8-9,13,16H,2-3,7H2,1H3,(H,15,17)/t13-/m1/s1. The summed E-state index contributed by atoms with van der Waals surface area (Å²) in [5.41, 5.74) is 1.39. The normalized spacial score (nSPS) is 19.7. The molecule has 1 saturated heterocycles. The third-order valence-electron chi connectivity index (χ3n) is 3.49. The van der Waals surface area contributed by atoms with Crippen molar-refractivity contribution in [3.63, 3.8) is 0 Å². The number of anilines is 1. The number of hydrogen-bond donors (Lipinski definition) is 2. The van der Waals surface area contributed by atoms with E-state index in [0.29, 0.717) is 6.04 Å². The molecular formula is C14H17N3. The maximum absolute atomic E-state index is 4.33. The SMILES string of the molecule is CNc1nccc2cc([C@H]3CCCN3)ccc12. The number of hydrogen-bond acceptors (Lipinski definition) is 3. The summed E-state index contributed by atoms with van der Waals surface area (Å²) in [5.74, 6) is 0.952. The van der Waals surface area contributed by atoms with Crippen LogP contribution < -0.4 is 10.6 Å². The minimum atomic E-state index is 0.533. The highest BCUT2D eigenvalue weighted by Crippen LogP contribution is 2.28. The average molecular weight is 227 g/mol. The lowest BCUT2D eigenvalue weighted by atomic mass is 10.0. The first-order valence-electron chi connectivity index (χ1n) is 6.18. The fourth-order valence-corrected chi connectivity index (χ4v) is 2.58. The van der Waals surface area contributed by atoms with E-state index in [9.17, 15) is 0 Å². The molecule has 88 valence electrons. The summed E-state index contributed by atoms with van der Waals surface area (Å²) in [4.78, 5) is 4.33. The van der Waals surface area contributed by atoms with Crippen LogP contribution in [0, 0.1) is 0 Å². The molecule has 0 radical (unpaired) electrons. The van der Waals surface area contributed by atoms with Crippen LogP contribution in [0.4, 0.5) is 5.82 Å². The molecule has 1 atom stereocenters. The Bertz CT molecular complexity index is 530. The highest BCUT2D eigenvalue weighted by atomic mass is 15.0. The van der Waals surface area contributed by atoms with Crippen LogP contribution >= 0.6 is 0 Å². The summed E-state index contributed by atoms with van der Waals surface area (Å²) < 4.78 is 0. The molecule has 0 unspecified atom stereocenters. The van der Waals surface area contributed by atoms with Gasteiger partial charge in [0, 0.05) is 24.7 Å². The summed E-state index contributed by atoms with van der Waals surface area (Å²) in [7, 11) is 1.91. The highest BCUT2D eigenvalue weighted by Gasteiger charge is 2.16. The van der Waals surface area contributed by atoms with Gasteiger partial charge in [-0.05, 0) is 42.5 Å². The lowest BCUT2D eigenvalue weighted by Crippen LogP contribution is -2.12. The number of aromatic nitrogens is 1. The average Bonchev–Trinajstić information content (AvgIpc) is 2.91. The topological polar surface area (TPSA) is 37.0 Å². The van der Waals surface area contributed by atoms with Crippen molar-refractivity contribution in [3.05, 3.63) is 36.0 Å². The third kappa shape index (κ3) is 1.87. The van der Waals surface area contributed by atoms with E-state index in [4.69, 9.17) is 0 Å². The van der Waals surface area contributed by atoms with Gasteiger partial charge in [0.05, 0.1) is 0 Å². The first-order valence-corrected chi connectivity index (χ1v) is 6.18. The Hall–Kier alpha value is -1.61. The fraction of sp³-hybridized carbons (Fsp3) is 0.357. The number of nitrogens with one attached hydrogen (secondary N) is 2. The van der Waals surface area contributed by atoms with E-state index in [1.165, 1.54) is 29.2 Å². The number of rotatable bonds is 2. The van der Waals surface area contributed by atoms with E-state index in [0.717, 1.165) is 12.4 Å². The van der Waals surface area contributed by atoms with Gasteiger partial charge in [-0.25, -0.2) is 4.98 Å². The summed E-state index contributed by atoms with van der Waals surface area (Å²) in [6, 6.07) is 9.28. The Kier molecular flexibility index (Phi) is 2.69. The smallest absolute Gasteiger partial charge is 0.133 e. The van der Waals surface area contributed by atoms with E-state index < -0.39 is 0 Å². The predicted molar refractivity (Wildman–Crippen MR) is 71.3 cm³/mol. The van der Waals surface area contributed by atoms with Crippen molar-refractivity contribution in [3.8, 4) is 0 Å². The molecule has 1 aliphatic rings. The molecular weight excluding hydrogens is 210 g/mol. The van der Waals surface area contributed by atoms with E-state index >= 15 is 0 Å². The van der Waals surface area contributed by atoms with Crippen molar-refractivity contribution in [2.75, 3.05) is 18.9 Å². The van der Waals surface area contributed by atoms with Gasteiger partial charge in [-0.1, -0.05) is 12.1 Å². The van der Waals surface area contributed by atoms with Crippen LogP contribution in [-0.4, -0.2) is 18.6 Å². The molecule has 1 aromatic heterocycles. The molecule has 0 spiro atoms. The molecule has 3 nitrogen and oxygen atoms in total. The van der Waals surface area contributed by atoms with Crippen LogP contribution in [-0.2, 0) is 0 Å². The van der Waals surface area contributed by atoms with E-state index in [1.54, 1.807) is 0 Å². The van der Waals surface area contributed by atoms with Crippen molar-refractivity contribution in [1.82, 2.24) is 10.3 Å². The number of nitrogens with zero attached hydrogens (tertiary/aromatic N) is 1. The Balaban J connectivity index is 2.07. The van der Waals surface area contributed by atoms with E-state index in [-0.39, 0.29) is 0 Å². The van der Waals surface area contributed by atoms with E-state index in [2.05, 4.69) is 39.9 Å². The molecule has 0 aliphatic carbocycles. The molecule has 3 heteroatoms. The van der Waals surface area contributed by atoms with Gasteiger partial charge in [0.2, 0.25) is 0 Å². The third-order valence-corrected chi connectivity index (χ3v) is 3.49. The van der Waals surface area contributed by atoms with E-state index in [1.807, 2.05) is 13.2 Å². The molecule has 1 aliphatic heterocycles. The van der Waals surface area contributed by atoms with Gasteiger partial charge in [-0.2, -0.15) is 0 Å². The molecule has 2 N–H and O–H groups in total. The lowest BCUT2D eigenvalue weighted by Gasteiger charge is -2.12. The lowest BCUT2D eigenvalue weighted by molar-refractivity contribution is 0.648. The second kappa shape index (κ2) is 4.34. The maximum Gasteiger partial charge on any atom is 0.133 e. The zero-order valence-electron chi connectivity index (χ0n) is 10.0. The monoisotopic (exact) mass is 227 g/mol. The van der Waals surface area contributed by atoms with Crippen molar-refractivity contribution in [2.45, 2.75) is 18.9 Å². The minimum Gasteiger partial charge on any atom is -0.373 e. The van der Waals surface area contributed by atoms with Gasteiger partial charge in [0.25, 0.3) is 0 Å². The summed E-state index contributed by atoms with van der Waals surface area (Å²) in [5, 5.41) is 9.12. The van der Waals surface area contributed by atoms with Gasteiger partial charge in [0.1, 0.15) is 5.82 Å². The molecule has 0 amide bonds. The van der Waals surface area contributed by atoms with Crippen molar-refractivity contribution < 1.29 is 0 Å². The molecule has 2 heterocycles. The largest absolute Gasteiger partial charge is 0.373 e. The van der Waals surface area contributed by atoms with Gasteiger partial charge in [-0.15, -0.1) is 0 Å². The molecule has 17 heavy (non-hydrogen) atoms. The van der Waals surface area contributed by atoms with Gasteiger partial charge in [-0.3, -0.25) is 0 Å². The summed E-state index contributed by atoms with van der Waals surface area (Å²) in [6.45, 7) is 1.14. The minimum absolute atomic E-state index is 0.533. The molecule has 0 bridgehead atoms. The Labute approximate surface area is 101 Å². The Morgan fingerprint density at radius 1 is 1.35 bits per heavy atom.